The maximum absolute atomic E-state index is 13.0. The predicted octanol–water partition coefficient (Wildman–Crippen LogP) is 4.63. The topological polar surface area (TPSA) is 78.4 Å². The minimum absolute atomic E-state index is 0.100. The molecule has 4 rings (SSSR count). The van der Waals surface area contributed by atoms with Crippen LogP contribution in [0.4, 0.5) is 0 Å². The van der Waals surface area contributed by atoms with E-state index >= 15 is 0 Å². The molecule has 0 spiro atoms. The molecule has 0 bridgehead atoms. The molecule has 3 N–H and O–H groups in total. The van der Waals surface area contributed by atoms with Gasteiger partial charge in [-0.15, -0.1) is 11.3 Å². The van der Waals surface area contributed by atoms with Gasteiger partial charge >= 0.3 is 0 Å². The smallest absolute Gasteiger partial charge is 0.261 e. The van der Waals surface area contributed by atoms with Gasteiger partial charge in [-0.2, -0.15) is 0 Å². The molecule has 0 aliphatic carbocycles. The summed E-state index contributed by atoms with van der Waals surface area (Å²) in [5, 5.41) is 20.1. The number of aromatic hydroxyl groups is 1. The van der Waals surface area contributed by atoms with E-state index < -0.39 is 12.1 Å². The normalized spacial score (nSPS) is 12.8. The molecule has 0 saturated carbocycles. The van der Waals surface area contributed by atoms with Gasteiger partial charge in [0.15, 0.2) is 0 Å². The number of thiophene rings is 1. The molecule has 156 valence electrons. The van der Waals surface area contributed by atoms with Crippen LogP contribution in [0.1, 0.15) is 33.8 Å². The van der Waals surface area contributed by atoms with E-state index in [9.17, 15) is 14.7 Å². The van der Waals surface area contributed by atoms with Crippen LogP contribution in [-0.4, -0.2) is 23.0 Å². The number of carbonyl (C=O) groups is 2. The fourth-order valence-electron chi connectivity index (χ4n) is 3.56. The number of nitrogens with one attached hydrogen (secondary N) is 2. The first kappa shape index (κ1) is 20.6. The third-order valence-electron chi connectivity index (χ3n) is 5.14. The second kappa shape index (κ2) is 9.02. The van der Waals surface area contributed by atoms with Crippen molar-refractivity contribution in [2.75, 3.05) is 0 Å². The Morgan fingerprint density at radius 2 is 1.61 bits per heavy atom. The van der Waals surface area contributed by atoms with Crippen LogP contribution in [0.15, 0.2) is 84.2 Å². The van der Waals surface area contributed by atoms with Crippen LogP contribution in [-0.2, 0) is 4.79 Å². The van der Waals surface area contributed by atoms with Gasteiger partial charge < -0.3 is 15.7 Å². The van der Waals surface area contributed by atoms with Crippen molar-refractivity contribution in [3.05, 3.63) is 100 Å². The van der Waals surface area contributed by atoms with Gasteiger partial charge in [-0.3, -0.25) is 9.59 Å². The van der Waals surface area contributed by atoms with Crippen molar-refractivity contribution in [1.82, 2.24) is 10.6 Å². The summed E-state index contributed by atoms with van der Waals surface area (Å²) in [6, 6.07) is 22.9. The lowest BCUT2D eigenvalue weighted by atomic mass is 9.92. The maximum Gasteiger partial charge on any atom is 0.261 e. The van der Waals surface area contributed by atoms with Gasteiger partial charge in [0.1, 0.15) is 11.8 Å². The van der Waals surface area contributed by atoms with Gasteiger partial charge in [0.05, 0.1) is 10.9 Å². The standard InChI is InChI=1S/C25H22N2O3S/c1-16(26-25(30)21-12-7-15-31-21)24(29)27-23(18-9-3-2-4-10-18)22-19-11-6-5-8-17(19)13-14-20(22)28/h2-16,23,28H,1H3,(H,26,30)(H,27,29). The van der Waals surface area contributed by atoms with E-state index in [0.29, 0.717) is 10.4 Å². The van der Waals surface area contributed by atoms with E-state index in [0.717, 1.165) is 16.3 Å². The Hall–Kier alpha value is -3.64. The molecular formula is C25H22N2O3S. The number of fused-ring (bicyclic) bond motifs is 1. The molecule has 1 heterocycles. The molecule has 0 saturated heterocycles. The van der Waals surface area contributed by atoms with Crippen molar-refractivity contribution in [3.63, 3.8) is 0 Å². The highest BCUT2D eigenvalue weighted by atomic mass is 32.1. The van der Waals surface area contributed by atoms with Crippen molar-refractivity contribution in [2.45, 2.75) is 19.0 Å². The lowest BCUT2D eigenvalue weighted by molar-refractivity contribution is -0.123. The van der Waals surface area contributed by atoms with Crippen molar-refractivity contribution in [1.29, 1.82) is 0 Å². The zero-order valence-corrected chi connectivity index (χ0v) is 17.7. The molecule has 0 aliphatic heterocycles. The average molecular weight is 431 g/mol. The zero-order valence-electron chi connectivity index (χ0n) is 16.9. The van der Waals surface area contributed by atoms with Crippen LogP contribution in [0, 0.1) is 0 Å². The maximum atomic E-state index is 13.0. The van der Waals surface area contributed by atoms with Gasteiger partial charge in [-0.25, -0.2) is 0 Å². The second-order valence-electron chi connectivity index (χ2n) is 7.24. The van der Waals surface area contributed by atoms with E-state index in [2.05, 4.69) is 10.6 Å². The van der Waals surface area contributed by atoms with Crippen LogP contribution in [0.5, 0.6) is 5.75 Å². The van der Waals surface area contributed by atoms with Gasteiger partial charge in [0.2, 0.25) is 5.91 Å². The van der Waals surface area contributed by atoms with Gasteiger partial charge in [-0.05, 0) is 40.8 Å². The van der Waals surface area contributed by atoms with Crippen molar-refractivity contribution in [3.8, 4) is 5.75 Å². The van der Waals surface area contributed by atoms with Crippen LogP contribution < -0.4 is 10.6 Å². The lowest BCUT2D eigenvalue weighted by Crippen LogP contribution is -2.46. The predicted molar refractivity (Wildman–Crippen MR) is 123 cm³/mol. The Morgan fingerprint density at radius 3 is 2.35 bits per heavy atom. The van der Waals surface area contributed by atoms with Crippen LogP contribution >= 0.6 is 11.3 Å². The highest BCUT2D eigenvalue weighted by Crippen LogP contribution is 2.35. The Bertz CT molecular complexity index is 1210. The molecule has 0 fully saturated rings. The number of amides is 2. The second-order valence-corrected chi connectivity index (χ2v) is 8.19. The molecular weight excluding hydrogens is 408 g/mol. The van der Waals surface area contributed by atoms with E-state index in [4.69, 9.17) is 0 Å². The summed E-state index contributed by atoms with van der Waals surface area (Å²) in [5.41, 5.74) is 1.45. The molecule has 4 aromatic rings. The fraction of sp³-hybridized carbons (Fsp3) is 0.120. The minimum atomic E-state index is -0.752. The number of phenols is 1. The van der Waals surface area contributed by atoms with Crippen molar-refractivity contribution < 1.29 is 14.7 Å². The molecule has 0 radical (unpaired) electrons. The first-order valence-corrected chi connectivity index (χ1v) is 10.8. The summed E-state index contributed by atoms with van der Waals surface area (Å²) in [6.45, 7) is 1.64. The van der Waals surface area contributed by atoms with E-state index in [1.165, 1.54) is 11.3 Å². The van der Waals surface area contributed by atoms with Crippen LogP contribution in [0.2, 0.25) is 0 Å². The summed E-state index contributed by atoms with van der Waals surface area (Å²) < 4.78 is 0. The molecule has 3 aromatic carbocycles. The summed E-state index contributed by atoms with van der Waals surface area (Å²) in [7, 11) is 0. The Labute approximate surface area is 184 Å². The van der Waals surface area contributed by atoms with Crippen LogP contribution in [0.3, 0.4) is 0 Å². The van der Waals surface area contributed by atoms with E-state index in [1.807, 2.05) is 66.0 Å². The number of carbonyl (C=O) groups excluding carboxylic acids is 2. The van der Waals surface area contributed by atoms with Crippen molar-refractivity contribution >= 4 is 33.9 Å². The third kappa shape index (κ3) is 4.44. The number of hydrogen-bond acceptors (Lipinski definition) is 4. The average Bonchev–Trinajstić information content (AvgIpc) is 3.33. The first-order valence-electron chi connectivity index (χ1n) is 9.95. The molecule has 6 heteroatoms. The first-order chi connectivity index (χ1) is 15.0. The Kier molecular flexibility index (Phi) is 6.00. The largest absolute Gasteiger partial charge is 0.508 e. The number of phenolic OH excluding ortho intramolecular Hbond substituents is 1. The summed E-state index contributed by atoms with van der Waals surface area (Å²) in [4.78, 5) is 26.0. The molecule has 0 aliphatic rings. The Balaban J connectivity index is 1.67. The molecule has 2 unspecified atom stereocenters. The number of hydrogen-bond donors (Lipinski definition) is 3. The summed E-state index contributed by atoms with van der Waals surface area (Å²) in [5.74, 6) is -0.531. The number of rotatable bonds is 6. The molecule has 5 nitrogen and oxygen atoms in total. The van der Waals surface area contributed by atoms with E-state index in [1.54, 1.807) is 25.1 Å². The SMILES string of the molecule is CC(NC(=O)c1cccs1)C(=O)NC(c1ccccc1)c1c(O)ccc2ccccc12. The van der Waals surface area contributed by atoms with Gasteiger partial charge in [-0.1, -0.05) is 66.7 Å². The van der Waals surface area contributed by atoms with Crippen molar-refractivity contribution in [2.24, 2.45) is 0 Å². The highest BCUT2D eigenvalue weighted by Gasteiger charge is 2.25. The van der Waals surface area contributed by atoms with E-state index in [-0.39, 0.29) is 17.6 Å². The Morgan fingerprint density at radius 1 is 0.871 bits per heavy atom. The quantitative estimate of drug-likeness (QED) is 0.417. The van der Waals surface area contributed by atoms with Crippen LogP contribution in [0.25, 0.3) is 10.8 Å². The van der Waals surface area contributed by atoms with Gasteiger partial charge in [0.25, 0.3) is 5.91 Å². The molecule has 31 heavy (non-hydrogen) atoms. The number of benzene rings is 3. The lowest BCUT2D eigenvalue weighted by Gasteiger charge is -2.24. The molecule has 1 aromatic heterocycles. The fourth-order valence-corrected chi connectivity index (χ4v) is 4.19. The summed E-state index contributed by atoms with van der Waals surface area (Å²) >= 11 is 1.32. The highest BCUT2D eigenvalue weighted by molar-refractivity contribution is 7.12. The third-order valence-corrected chi connectivity index (χ3v) is 6.01. The monoisotopic (exact) mass is 430 g/mol. The summed E-state index contributed by atoms with van der Waals surface area (Å²) in [6.07, 6.45) is 0. The molecule has 2 amide bonds. The molecule has 2 atom stereocenters. The minimum Gasteiger partial charge on any atom is -0.508 e. The van der Waals surface area contributed by atoms with Gasteiger partial charge in [0, 0.05) is 5.56 Å². The zero-order chi connectivity index (χ0) is 21.8.